The first kappa shape index (κ1) is 24.4. The molecule has 0 unspecified atom stereocenters. The van der Waals surface area contributed by atoms with Crippen molar-refractivity contribution in [2.75, 3.05) is 12.0 Å². The molecule has 0 saturated heterocycles. The third-order valence-corrected chi connectivity index (χ3v) is 6.67. The van der Waals surface area contributed by atoms with Gasteiger partial charge in [-0.3, -0.25) is 0 Å². The number of rotatable bonds is 6. The van der Waals surface area contributed by atoms with E-state index in [0.717, 1.165) is 50.3 Å². The minimum absolute atomic E-state index is 0.587. The van der Waals surface area contributed by atoms with Crippen LogP contribution in [0.4, 0.5) is 22.7 Å². The zero-order valence-corrected chi connectivity index (χ0v) is 21.2. The number of nitriles is 1. The summed E-state index contributed by atoms with van der Waals surface area (Å²) >= 11 is 0. The molecule has 38 heavy (non-hydrogen) atoms. The number of nitrogens with zero attached hydrogens (tertiary/aromatic N) is 3. The number of aryl methyl sites for hydroxylation is 1. The van der Waals surface area contributed by atoms with Gasteiger partial charge in [0.1, 0.15) is 5.75 Å². The van der Waals surface area contributed by atoms with Crippen LogP contribution < -0.4 is 9.64 Å². The van der Waals surface area contributed by atoms with E-state index >= 15 is 0 Å². The van der Waals surface area contributed by atoms with Crippen LogP contribution in [0.2, 0.25) is 0 Å². The van der Waals surface area contributed by atoms with Crippen molar-refractivity contribution in [3.05, 3.63) is 137 Å². The van der Waals surface area contributed by atoms with Gasteiger partial charge in [0.2, 0.25) is 0 Å². The molecule has 0 saturated carbocycles. The van der Waals surface area contributed by atoms with E-state index in [1.165, 1.54) is 0 Å². The zero-order chi connectivity index (χ0) is 26.5. The standard InChI is InChI=1S/C34H25N3O/c1-24-26(23-35)12-20-32-31(24)21-22-34(36-2)33(32)19-11-25-9-13-28(14-10-25)37(27-7-5-4-6-8-27)29-15-17-30(38-3)18-16-29/h4-22H,1,3H3. The molecule has 5 aromatic rings. The second kappa shape index (κ2) is 10.7. The lowest BCUT2D eigenvalue weighted by Crippen LogP contribution is -2.09. The van der Waals surface area contributed by atoms with Crippen molar-refractivity contribution in [2.24, 2.45) is 0 Å². The predicted molar refractivity (Wildman–Crippen MR) is 156 cm³/mol. The fourth-order valence-corrected chi connectivity index (χ4v) is 4.63. The molecule has 0 aliphatic heterocycles. The molecule has 5 rings (SSSR count). The Bertz CT molecular complexity index is 1710. The smallest absolute Gasteiger partial charge is 0.194 e. The second-order valence-electron chi connectivity index (χ2n) is 8.85. The van der Waals surface area contributed by atoms with Crippen LogP contribution in [-0.2, 0) is 0 Å². The van der Waals surface area contributed by atoms with Gasteiger partial charge in [0.15, 0.2) is 5.69 Å². The van der Waals surface area contributed by atoms with Crippen molar-refractivity contribution in [3.8, 4) is 11.8 Å². The van der Waals surface area contributed by atoms with Crippen LogP contribution in [0, 0.1) is 24.8 Å². The van der Waals surface area contributed by atoms with Crippen LogP contribution in [0.15, 0.2) is 103 Å². The fourth-order valence-electron chi connectivity index (χ4n) is 4.63. The highest BCUT2D eigenvalue weighted by atomic mass is 16.5. The summed E-state index contributed by atoms with van der Waals surface area (Å²) in [6.07, 6.45) is 4.02. The number of benzene rings is 5. The van der Waals surface area contributed by atoms with Gasteiger partial charge in [-0.15, -0.1) is 0 Å². The predicted octanol–water partition coefficient (Wildman–Crippen LogP) is 9.22. The Morgan fingerprint density at radius 1 is 0.763 bits per heavy atom. The first-order chi connectivity index (χ1) is 18.6. The van der Waals surface area contributed by atoms with Crippen molar-refractivity contribution < 1.29 is 4.74 Å². The Morgan fingerprint density at radius 3 is 2.03 bits per heavy atom. The maximum atomic E-state index is 9.41. The van der Waals surface area contributed by atoms with Gasteiger partial charge in [-0.25, -0.2) is 4.85 Å². The van der Waals surface area contributed by atoms with Gasteiger partial charge < -0.3 is 9.64 Å². The highest BCUT2D eigenvalue weighted by Crippen LogP contribution is 2.36. The highest BCUT2D eigenvalue weighted by Gasteiger charge is 2.13. The molecular formula is C34H25N3O. The van der Waals surface area contributed by atoms with Crippen molar-refractivity contribution in [3.63, 3.8) is 0 Å². The Balaban J connectivity index is 1.51. The summed E-state index contributed by atoms with van der Waals surface area (Å²) in [6.45, 7) is 9.62. The molecule has 0 aromatic heterocycles. The van der Waals surface area contributed by atoms with E-state index in [2.05, 4.69) is 52.2 Å². The third-order valence-electron chi connectivity index (χ3n) is 6.67. The monoisotopic (exact) mass is 491 g/mol. The zero-order valence-electron chi connectivity index (χ0n) is 21.2. The number of anilines is 3. The number of fused-ring (bicyclic) bond motifs is 1. The molecule has 0 N–H and O–H groups in total. The van der Waals surface area contributed by atoms with Crippen LogP contribution in [-0.4, -0.2) is 7.11 Å². The summed E-state index contributed by atoms with van der Waals surface area (Å²) < 4.78 is 5.34. The van der Waals surface area contributed by atoms with Crippen LogP contribution in [0.3, 0.4) is 0 Å². The number of hydrogen-bond acceptors (Lipinski definition) is 3. The number of hydrogen-bond donors (Lipinski definition) is 0. The molecule has 4 nitrogen and oxygen atoms in total. The molecule has 0 radical (unpaired) electrons. The summed E-state index contributed by atoms with van der Waals surface area (Å²) in [7, 11) is 1.67. The minimum Gasteiger partial charge on any atom is -0.497 e. The van der Waals surface area contributed by atoms with E-state index in [1.807, 2.05) is 85.8 Å². The van der Waals surface area contributed by atoms with E-state index in [0.29, 0.717) is 11.3 Å². The highest BCUT2D eigenvalue weighted by molar-refractivity contribution is 6.00. The fraction of sp³-hybridized carbons (Fsp3) is 0.0588. The van der Waals surface area contributed by atoms with Gasteiger partial charge in [0, 0.05) is 17.1 Å². The van der Waals surface area contributed by atoms with E-state index < -0.39 is 0 Å². The number of methoxy groups -OCH3 is 1. The molecule has 0 aliphatic rings. The molecule has 0 spiro atoms. The van der Waals surface area contributed by atoms with Gasteiger partial charge in [0.05, 0.1) is 25.3 Å². The summed E-state index contributed by atoms with van der Waals surface area (Å²) in [5.74, 6) is 0.813. The summed E-state index contributed by atoms with van der Waals surface area (Å²) in [4.78, 5) is 5.94. The maximum Gasteiger partial charge on any atom is 0.194 e. The summed E-state index contributed by atoms with van der Waals surface area (Å²) in [5, 5.41) is 11.4. The Labute approximate surface area is 223 Å². The molecule has 0 heterocycles. The number of ether oxygens (including phenoxy) is 1. The first-order valence-electron chi connectivity index (χ1n) is 12.2. The van der Waals surface area contributed by atoms with Gasteiger partial charge in [0.25, 0.3) is 0 Å². The second-order valence-corrected chi connectivity index (χ2v) is 8.85. The van der Waals surface area contributed by atoms with Gasteiger partial charge in [-0.1, -0.05) is 60.7 Å². The van der Waals surface area contributed by atoms with Crippen molar-refractivity contribution in [1.82, 2.24) is 0 Å². The Hall–Kier alpha value is -5.32. The van der Waals surface area contributed by atoms with Gasteiger partial charge >= 0.3 is 0 Å². The van der Waals surface area contributed by atoms with Crippen LogP contribution in [0.25, 0.3) is 27.8 Å². The molecule has 182 valence electrons. The maximum absolute atomic E-state index is 9.41. The van der Waals surface area contributed by atoms with Gasteiger partial charge in [-0.05, 0) is 89.0 Å². The minimum atomic E-state index is 0.587. The molecule has 0 atom stereocenters. The van der Waals surface area contributed by atoms with E-state index in [1.54, 1.807) is 7.11 Å². The van der Waals surface area contributed by atoms with Crippen LogP contribution >= 0.6 is 0 Å². The van der Waals surface area contributed by atoms with Crippen molar-refractivity contribution in [2.45, 2.75) is 6.92 Å². The normalized spacial score (nSPS) is 10.7. The average molecular weight is 492 g/mol. The first-order valence-corrected chi connectivity index (χ1v) is 12.2. The van der Waals surface area contributed by atoms with Crippen molar-refractivity contribution >= 4 is 45.7 Å². The molecule has 0 fully saturated rings. The SMILES string of the molecule is [C-]#[N+]c1ccc2c(C)c(C#N)ccc2c1C=Cc1ccc(N(c2ccccc2)c2ccc(OC)cc2)cc1. The van der Waals surface area contributed by atoms with E-state index in [-0.39, 0.29) is 0 Å². The lowest BCUT2D eigenvalue weighted by molar-refractivity contribution is 0.415. The topological polar surface area (TPSA) is 40.6 Å². The quantitative estimate of drug-likeness (QED) is 0.176. The largest absolute Gasteiger partial charge is 0.497 e. The lowest BCUT2D eigenvalue weighted by atomic mass is 9.95. The van der Waals surface area contributed by atoms with Crippen LogP contribution in [0.1, 0.15) is 22.3 Å². The van der Waals surface area contributed by atoms with Crippen molar-refractivity contribution in [1.29, 1.82) is 5.26 Å². The molecule has 5 aromatic carbocycles. The molecular weight excluding hydrogens is 466 g/mol. The third kappa shape index (κ3) is 4.72. The molecule has 0 aliphatic carbocycles. The molecule has 0 amide bonds. The van der Waals surface area contributed by atoms with E-state index in [9.17, 15) is 5.26 Å². The van der Waals surface area contributed by atoms with Gasteiger partial charge in [-0.2, -0.15) is 5.26 Å². The van der Waals surface area contributed by atoms with E-state index in [4.69, 9.17) is 11.3 Å². The lowest BCUT2D eigenvalue weighted by Gasteiger charge is -2.25. The summed E-state index contributed by atoms with van der Waals surface area (Å²) in [6, 6.07) is 36.4. The molecule has 4 heteroatoms. The molecule has 0 bridgehead atoms. The Morgan fingerprint density at radius 2 is 1.39 bits per heavy atom. The Kier molecular flexibility index (Phi) is 6.89. The van der Waals surface area contributed by atoms with Crippen LogP contribution in [0.5, 0.6) is 5.75 Å². The average Bonchev–Trinajstić information content (AvgIpc) is 2.98. The number of para-hydroxylation sites is 1. The summed E-state index contributed by atoms with van der Waals surface area (Å²) in [5.41, 5.74) is 7.18.